The quantitative estimate of drug-likeness (QED) is 0.522. The van der Waals surface area contributed by atoms with Crippen molar-refractivity contribution < 1.29 is 14.7 Å². The van der Waals surface area contributed by atoms with Gasteiger partial charge in [-0.15, -0.1) is 0 Å². The van der Waals surface area contributed by atoms with Crippen LogP contribution in [0.5, 0.6) is 0 Å². The van der Waals surface area contributed by atoms with E-state index in [1.807, 2.05) is 6.92 Å². The van der Waals surface area contributed by atoms with E-state index >= 15 is 0 Å². The molecule has 1 unspecified atom stereocenters. The first-order chi connectivity index (χ1) is 14.3. The molecule has 1 amide bonds. The molecule has 9 heteroatoms. The van der Waals surface area contributed by atoms with E-state index in [0.29, 0.717) is 28.7 Å². The van der Waals surface area contributed by atoms with E-state index < -0.39 is 12.0 Å². The number of carbonyl (C=O) groups excluding carboxylic acids is 2. The summed E-state index contributed by atoms with van der Waals surface area (Å²) < 4.78 is 1.33. The second-order valence-electron chi connectivity index (χ2n) is 7.25. The van der Waals surface area contributed by atoms with Crippen LogP contribution in [0.15, 0.2) is 30.6 Å². The van der Waals surface area contributed by atoms with E-state index in [2.05, 4.69) is 10.3 Å². The Morgan fingerprint density at radius 3 is 2.50 bits per heavy atom. The van der Waals surface area contributed by atoms with Gasteiger partial charge in [0.05, 0.1) is 37.6 Å². The minimum Gasteiger partial charge on any atom is -0.388 e. The SMILES string of the molecule is CCC(O)c1cc(Cl)c(C(=O)n2cc(Cl)c3c(NC(=O)C4CC4)nccc32)c(Cl)c1. The van der Waals surface area contributed by atoms with Crippen LogP contribution in [0, 0.1) is 5.92 Å². The third-order valence-electron chi connectivity index (χ3n) is 5.13. The maximum absolute atomic E-state index is 13.3. The number of halogens is 3. The molecule has 1 atom stereocenters. The molecule has 6 nitrogen and oxygen atoms in total. The van der Waals surface area contributed by atoms with Crippen molar-refractivity contribution in [1.29, 1.82) is 0 Å². The van der Waals surface area contributed by atoms with Crippen LogP contribution in [0.2, 0.25) is 15.1 Å². The molecule has 30 heavy (non-hydrogen) atoms. The minimum atomic E-state index is -0.727. The van der Waals surface area contributed by atoms with Gasteiger partial charge < -0.3 is 10.4 Å². The van der Waals surface area contributed by atoms with E-state index in [4.69, 9.17) is 34.8 Å². The number of anilines is 1. The predicted octanol–water partition coefficient (Wildman–Crippen LogP) is 5.48. The molecule has 2 aromatic heterocycles. The van der Waals surface area contributed by atoms with Crippen LogP contribution in [0.4, 0.5) is 5.82 Å². The Balaban J connectivity index is 1.77. The van der Waals surface area contributed by atoms with Crippen molar-refractivity contribution in [2.24, 2.45) is 5.92 Å². The van der Waals surface area contributed by atoms with Gasteiger partial charge in [-0.3, -0.25) is 14.2 Å². The molecule has 1 fully saturated rings. The first-order valence-electron chi connectivity index (χ1n) is 9.50. The Bertz CT molecular complexity index is 1150. The average Bonchev–Trinajstić information content (AvgIpc) is 3.50. The van der Waals surface area contributed by atoms with E-state index in [1.165, 1.54) is 29.1 Å². The van der Waals surface area contributed by atoms with Gasteiger partial charge in [0.2, 0.25) is 5.91 Å². The summed E-state index contributed by atoms with van der Waals surface area (Å²) in [6, 6.07) is 4.69. The molecule has 0 aliphatic heterocycles. The molecule has 0 saturated heterocycles. The smallest absolute Gasteiger partial charge is 0.265 e. The lowest BCUT2D eigenvalue weighted by atomic mass is 10.0. The summed E-state index contributed by atoms with van der Waals surface area (Å²) >= 11 is 19.1. The second kappa shape index (κ2) is 8.19. The number of pyridine rings is 1. The highest BCUT2D eigenvalue weighted by molar-refractivity contribution is 6.41. The lowest BCUT2D eigenvalue weighted by Crippen LogP contribution is -2.15. The van der Waals surface area contributed by atoms with Crippen LogP contribution in [0.1, 0.15) is 48.2 Å². The Morgan fingerprint density at radius 2 is 1.90 bits per heavy atom. The number of carbonyl (C=O) groups is 2. The molecule has 156 valence electrons. The van der Waals surface area contributed by atoms with Crippen LogP contribution in [-0.2, 0) is 4.79 Å². The van der Waals surface area contributed by atoms with Gasteiger partial charge in [0.15, 0.2) is 0 Å². The second-order valence-corrected chi connectivity index (χ2v) is 8.47. The summed E-state index contributed by atoms with van der Waals surface area (Å²) in [4.78, 5) is 29.7. The maximum atomic E-state index is 13.3. The summed E-state index contributed by atoms with van der Waals surface area (Å²) in [7, 11) is 0. The molecule has 1 saturated carbocycles. The lowest BCUT2D eigenvalue weighted by Gasteiger charge is -2.13. The van der Waals surface area contributed by atoms with Crippen LogP contribution in [-0.4, -0.2) is 26.5 Å². The molecule has 0 bridgehead atoms. The summed E-state index contributed by atoms with van der Waals surface area (Å²) in [5, 5.41) is 13.8. The van der Waals surface area contributed by atoms with E-state index in [0.717, 1.165) is 12.8 Å². The normalized spacial score (nSPS) is 14.7. The van der Waals surface area contributed by atoms with Gasteiger partial charge >= 0.3 is 0 Å². The molecular formula is C21H18Cl3N3O3. The number of benzene rings is 1. The molecule has 1 aliphatic rings. The molecule has 1 aliphatic carbocycles. The van der Waals surface area contributed by atoms with E-state index in [9.17, 15) is 14.7 Å². The van der Waals surface area contributed by atoms with Gasteiger partial charge in [-0.05, 0) is 43.0 Å². The van der Waals surface area contributed by atoms with Crippen molar-refractivity contribution in [3.63, 3.8) is 0 Å². The minimum absolute atomic E-state index is 0.000788. The number of hydrogen-bond acceptors (Lipinski definition) is 4. The Hall–Kier alpha value is -2.12. The predicted molar refractivity (Wildman–Crippen MR) is 118 cm³/mol. The number of aliphatic hydroxyl groups is 1. The largest absolute Gasteiger partial charge is 0.388 e. The molecule has 1 aromatic carbocycles. The van der Waals surface area contributed by atoms with Crippen molar-refractivity contribution >= 4 is 63.3 Å². The third-order valence-corrected chi connectivity index (χ3v) is 6.01. The number of amides is 1. The van der Waals surface area contributed by atoms with Crippen molar-refractivity contribution in [2.45, 2.75) is 32.3 Å². The molecule has 4 rings (SSSR count). The number of rotatable bonds is 5. The zero-order valence-corrected chi connectivity index (χ0v) is 18.2. The Labute approximate surface area is 187 Å². The van der Waals surface area contributed by atoms with Crippen molar-refractivity contribution in [3.05, 3.63) is 56.8 Å². The van der Waals surface area contributed by atoms with Gasteiger partial charge in [0.25, 0.3) is 5.91 Å². The number of hydrogen-bond donors (Lipinski definition) is 2. The highest BCUT2D eigenvalue weighted by atomic mass is 35.5. The summed E-state index contributed by atoms with van der Waals surface area (Å²) in [5.74, 6) is -0.287. The van der Waals surface area contributed by atoms with Crippen molar-refractivity contribution in [2.75, 3.05) is 5.32 Å². The summed E-state index contributed by atoms with van der Waals surface area (Å²) in [6.07, 6.45) is 4.41. The number of fused-ring (bicyclic) bond motifs is 1. The van der Waals surface area contributed by atoms with Crippen LogP contribution < -0.4 is 5.32 Å². The van der Waals surface area contributed by atoms with Crippen molar-refractivity contribution in [3.8, 4) is 0 Å². The summed E-state index contributed by atoms with van der Waals surface area (Å²) in [6.45, 7) is 1.83. The van der Waals surface area contributed by atoms with Crippen LogP contribution in [0.25, 0.3) is 10.9 Å². The van der Waals surface area contributed by atoms with Crippen LogP contribution in [0.3, 0.4) is 0 Å². The molecule has 3 aromatic rings. The standard InChI is InChI=1S/C21H18Cl3N3O3/c1-2-16(28)11-7-12(22)17(13(23)8-11)21(30)27-9-14(24)18-15(27)5-6-25-19(18)26-20(29)10-3-4-10/h5-10,16,28H,2-4H2,1H3,(H,25,26,29). The van der Waals surface area contributed by atoms with Gasteiger partial charge in [0, 0.05) is 18.3 Å². The van der Waals surface area contributed by atoms with Crippen molar-refractivity contribution in [1.82, 2.24) is 9.55 Å². The molecule has 2 heterocycles. The molecule has 0 radical (unpaired) electrons. The van der Waals surface area contributed by atoms with E-state index in [1.54, 1.807) is 6.07 Å². The fraction of sp³-hybridized carbons (Fsp3) is 0.286. The fourth-order valence-electron chi connectivity index (χ4n) is 3.31. The number of nitrogens with zero attached hydrogens (tertiary/aromatic N) is 2. The van der Waals surface area contributed by atoms with Gasteiger partial charge in [-0.25, -0.2) is 4.98 Å². The third kappa shape index (κ3) is 3.81. The van der Waals surface area contributed by atoms with Gasteiger partial charge in [-0.1, -0.05) is 41.7 Å². The number of aliphatic hydroxyl groups excluding tert-OH is 1. The van der Waals surface area contributed by atoms with Gasteiger partial charge in [0.1, 0.15) is 5.82 Å². The van der Waals surface area contributed by atoms with Crippen LogP contribution >= 0.6 is 34.8 Å². The maximum Gasteiger partial charge on any atom is 0.265 e. The zero-order valence-electron chi connectivity index (χ0n) is 16.0. The van der Waals surface area contributed by atoms with E-state index in [-0.39, 0.29) is 32.5 Å². The highest BCUT2D eigenvalue weighted by Gasteiger charge is 2.31. The fourth-order valence-corrected chi connectivity index (χ4v) is 4.26. The summed E-state index contributed by atoms with van der Waals surface area (Å²) in [5.41, 5.74) is 1.10. The Morgan fingerprint density at radius 1 is 1.23 bits per heavy atom. The van der Waals surface area contributed by atoms with Gasteiger partial charge in [-0.2, -0.15) is 0 Å². The molecular weight excluding hydrogens is 449 g/mol. The Kier molecular flexibility index (Phi) is 5.77. The zero-order chi connectivity index (χ0) is 21.6. The first-order valence-corrected chi connectivity index (χ1v) is 10.6. The average molecular weight is 467 g/mol. The molecule has 0 spiro atoms. The monoisotopic (exact) mass is 465 g/mol. The molecule has 2 N–H and O–H groups in total. The number of aromatic nitrogens is 2. The number of nitrogens with one attached hydrogen (secondary N) is 1. The topological polar surface area (TPSA) is 84.2 Å². The highest BCUT2D eigenvalue weighted by Crippen LogP contribution is 2.36. The first kappa shape index (κ1) is 21.1. The lowest BCUT2D eigenvalue weighted by molar-refractivity contribution is -0.117.